The third-order valence-corrected chi connectivity index (χ3v) is 8.50. The molecule has 0 saturated heterocycles. The van der Waals surface area contributed by atoms with Crippen LogP contribution in [0.4, 0.5) is 4.39 Å². The SMILES string of the molecule is CCCc1c(O[C@@H]2CCC[C@@H]([S+]([O-])c3ccc(C(=O)CCC(=O)OC)cc3F)[C@@H]2O)ccc(C(C)=O)c1O. The Bertz CT molecular complexity index is 1180. The van der Waals surface area contributed by atoms with Crippen molar-refractivity contribution in [3.63, 3.8) is 0 Å². The Morgan fingerprint density at radius 1 is 1.16 bits per heavy atom. The number of phenolic OH excluding ortho intramolecular Hbond substituents is 1. The van der Waals surface area contributed by atoms with Crippen molar-refractivity contribution in [3.8, 4) is 11.5 Å². The third-order valence-electron chi connectivity index (χ3n) is 6.67. The molecule has 3 rings (SSSR count). The molecule has 0 aromatic heterocycles. The number of aliphatic hydroxyl groups is 1. The quantitative estimate of drug-likeness (QED) is 0.241. The molecule has 1 aliphatic rings. The van der Waals surface area contributed by atoms with Crippen LogP contribution in [0.2, 0.25) is 0 Å². The van der Waals surface area contributed by atoms with Gasteiger partial charge < -0.3 is 24.2 Å². The first kappa shape index (κ1) is 29.6. The van der Waals surface area contributed by atoms with Crippen LogP contribution in [0, 0.1) is 5.82 Å². The van der Waals surface area contributed by atoms with Crippen LogP contribution in [0.15, 0.2) is 35.2 Å². The second kappa shape index (κ2) is 13.2. The summed E-state index contributed by atoms with van der Waals surface area (Å²) in [5.74, 6) is -1.92. The smallest absolute Gasteiger partial charge is 0.305 e. The molecule has 38 heavy (non-hydrogen) atoms. The van der Waals surface area contributed by atoms with Gasteiger partial charge in [-0.1, -0.05) is 13.3 Å². The minimum atomic E-state index is -1.93. The van der Waals surface area contributed by atoms with Crippen molar-refractivity contribution in [2.24, 2.45) is 0 Å². The van der Waals surface area contributed by atoms with E-state index in [1.165, 1.54) is 32.2 Å². The molecule has 0 spiro atoms. The van der Waals surface area contributed by atoms with Gasteiger partial charge in [-0.15, -0.1) is 0 Å². The van der Waals surface area contributed by atoms with Crippen LogP contribution in [-0.2, 0) is 27.1 Å². The van der Waals surface area contributed by atoms with Gasteiger partial charge in [0.15, 0.2) is 27.5 Å². The molecule has 2 aromatic carbocycles. The summed E-state index contributed by atoms with van der Waals surface area (Å²) in [6, 6.07) is 6.68. The number of hydrogen-bond acceptors (Lipinski definition) is 8. The van der Waals surface area contributed by atoms with Gasteiger partial charge in [0, 0.05) is 17.5 Å². The van der Waals surface area contributed by atoms with Crippen molar-refractivity contribution in [1.29, 1.82) is 0 Å². The van der Waals surface area contributed by atoms with E-state index in [0.717, 1.165) is 6.07 Å². The maximum atomic E-state index is 14.9. The highest BCUT2D eigenvalue weighted by atomic mass is 32.2. The van der Waals surface area contributed by atoms with Crippen molar-refractivity contribution in [2.45, 2.75) is 81.1 Å². The summed E-state index contributed by atoms with van der Waals surface area (Å²) in [5, 5.41) is 20.9. The van der Waals surface area contributed by atoms with Crippen molar-refractivity contribution >= 4 is 28.7 Å². The molecule has 0 amide bonds. The standard InChI is InChI=1S/C28H33FO8S/c1-4-6-19-22(12-10-18(16(2)30)27(19)33)37-23-7-5-8-25(28(23)34)38(35)24-13-9-17(15-20(24)29)21(31)11-14-26(32)36-3/h9-10,12-13,15,23,25,28,33-34H,4-8,11,14H2,1-3H3/t23-,25-,28-,38?/m1/s1. The number of phenols is 1. The minimum absolute atomic E-state index is 0.0508. The minimum Gasteiger partial charge on any atom is -0.611 e. The fraction of sp³-hybridized carbons (Fsp3) is 0.464. The molecule has 206 valence electrons. The number of hydrogen-bond donors (Lipinski definition) is 2. The zero-order valence-electron chi connectivity index (χ0n) is 21.7. The highest BCUT2D eigenvalue weighted by Gasteiger charge is 2.42. The molecule has 2 N–H and O–H groups in total. The van der Waals surface area contributed by atoms with Crippen LogP contribution in [-0.4, -0.2) is 56.9 Å². The number of Topliss-reactive ketones (excluding diaryl/α,β-unsaturated/α-hetero) is 2. The van der Waals surface area contributed by atoms with E-state index < -0.39 is 46.2 Å². The van der Waals surface area contributed by atoms with Gasteiger partial charge in [-0.05, 0) is 74.1 Å². The maximum absolute atomic E-state index is 14.9. The molecule has 0 radical (unpaired) electrons. The molecule has 4 atom stereocenters. The fourth-order valence-electron chi connectivity index (χ4n) is 4.59. The number of methoxy groups -OCH3 is 1. The predicted octanol–water partition coefficient (Wildman–Crippen LogP) is 4.29. The molecule has 1 saturated carbocycles. The molecule has 0 aliphatic heterocycles. The van der Waals surface area contributed by atoms with E-state index in [4.69, 9.17) is 4.74 Å². The van der Waals surface area contributed by atoms with Crippen LogP contribution in [0.5, 0.6) is 11.5 Å². The lowest BCUT2D eigenvalue weighted by Gasteiger charge is -2.35. The lowest BCUT2D eigenvalue weighted by atomic mass is 9.93. The normalized spacial score (nSPS) is 20.0. The topological polar surface area (TPSA) is 133 Å². The number of ether oxygens (including phenoxy) is 2. The number of halogens is 1. The van der Waals surface area contributed by atoms with Crippen molar-refractivity contribution in [1.82, 2.24) is 0 Å². The lowest BCUT2D eigenvalue weighted by molar-refractivity contribution is -0.140. The monoisotopic (exact) mass is 548 g/mol. The third kappa shape index (κ3) is 6.73. The highest BCUT2D eigenvalue weighted by molar-refractivity contribution is 7.92. The molecule has 10 heteroatoms. The predicted molar refractivity (Wildman–Crippen MR) is 139 cm³/mol. The molecular formula is C28H33FO8S. The zero-order valence-corrected chi connectivity index (χ0v) is 22.5. The summed E-state index contributed by atoms with van der Waals surface area (Å²) in [6.45, 7) is 3.28. The Balaban J connectivity index is 1.77. The summed E-state index contributed by atoms with van der Waals surface area (Å²) in [5.41, 5.74) is 0.704. The van der Waals surface area contributed by atoms with Crippen molar-refractivity contribution < 1.29 is 43.0 Å². The fourth-order valence-corrected chi connectivity index (χ4v) is 6.18. The average molecular weight is 549 g/mol. The van der Waals surface area contributed by atoms with E-state index >= 15 is 0 Å². The Morgan fingerprint density at radius 2 is 1.89 bits per heavy atom. The largest absolute Gasteiger partial charge is 0.611 e. The van der Waals surface area contributed by atoms with Crippen molar-refractivity contribution in [3.05, 3.63) is 52.8 Å². The Morgan fingerprint density at radius 3 is 2.53 bits per heavy atom. The summed E-state index contributed by atoms with van der Waals surface area (Å²) in [7, 11) is 1.21. The van der Waals surface area contributed by atoms with Crippen LogP contribution in [0.25, 0.3) is 0 Å². The first-order valence-electron chi connectivity index (χ1n) is 12.6. The van der Waals surface area contributed by atoms with Gasteiger partial charge in [0.1, 0.15) is 23.7 Å². The summed E-state index contributed by atoms with van der Waals surface area (Å²) in [4.78, 5) is 35.3. The zero-order chi connectivity index (χ0) is 28.0. The van der Waals surface area contributed by atoms with Gasteiger partial charge in [0.2, 0.25) is 0 Å². The van der Waals surface area contributed by atoms with Crippen LogP contribution < -0.4 is 4.74 Å². The van der Waals surface area contributed by atoms with Gasteiger partial charge in [-0.25, -0.2) is 4.39 Å². The van der Waals surface area contributed by atoms with Gasteiger partial charge in [0.25, 0.3) is 0 Å². The number of carbonyl (C=O) groups is 3. The number of benzene rings is 2. The van der Waals surface area contributed by atoms with E-state index in [9.17, 15) is 33.5 Å². The number of aromatic hydroxyl groups is 1. The first-order valence-corrected chi connectivity index (χ1v) is 13.8. The number of ketones is 2. The highest BCUT2D eigenvalue weighted by Crippen LogP contribution is 2.37. The van der Waals surface area contributed by atoms with E-state index in [-0.39, 0.29) is 40.4 Å². The molecule has 8 nitrogen and oxygen atoms in total. The molecule has 2 aromatic rings. The molecule has 1 unspecified atom stereocenters. The first-order chi connectivity index (χ1) is 18.1. The van der Waals surface area contributed by atoms with E-state index in [1.807, 2.05) is 6.92 Å². The number of carbonyl (C=O) groups excluding carboxylic acids is 3. The second-order valence-corrected chi connectivity index (χ2v) is 10.9. The van der Waals surface area contributed by atoms with Gasteiger partial charge in [-0.3, -0.25) is 14.4 Å². The maximum Gasteiger partial charge on any atom is 0.305 e. The number of rotatable bonds is 11. The lowest BCUT2D eigenvalue weighted by Crippen LogP contribution is -2.48. The van der Waals surface area contributed by atoms with E-state index in [1.54, 1.807) is 6.07 Å². The van der Waals surface area contributed by atoms with E-state index in [2.05, 4.69) is 4.74 Å². The number of esters is 1. The Labute approximate surface area is 224 Å². The summed E-state index contributed by atoms with van der Waals surface area (Å²) < 4.78 is 38.9. The Kier molecular flexibility index (Phi) is 10.3. The van der Waals surface area contributed by atoms with Crippen LogP contribution in [0.1, 0.15) is 78.7 Å². The van der Waals surface area contributed by atoms with Crippen LogP contribution in [0.3, 0.4) is 0 Å². The summed E-state index contributed by atoms with van der Waals surface area (Å²) in [6.07, 6.45) is 0.349. The second-order valence-electron chi connectivity index (χ2n) is 9.30. The Hall–Kier alpha value is -2.95. The average Bonchev–Trinajstić information content (AvgIpc) is 2.89. The van der Waals surface area contributed by atoms with Gasteiger partial charge in [-0.2, -0.15) is 0 Å². The molecule has 1 aliphatic carbocycles. The van der Waals surface area contributed by atoms with E-state index in [0.29, 0.717) is 43.4 Å². The summed E-state index contributed by atoms with van der Waals surface area (Å²) >= 11 is -1.93. The molecule has 0 bridgehead atoms. The van der Waals surface area contributed by atoms with Gasteiger partial charge in [0.05, 0.1) is 19.1 Å². The number of aliphatic hydroxyl groups excluding tert-OH is 1. The molecule has 1 fully saturated rings. The molecule has 0 heterocycles. The van der Waals surface area contributed by atoms with Crippen molar-refractivity contribution in [2.75, 3.05) is 7.11 Å². The van der Waals surface area contributed by atoms with Gasteiger partial charge >= 0.3 is 5.97 Å². The van der Waals surface area contributed by atoms with Crippen LogP contribution >= 0.6 is 0 Å². The molecular weight excluding hydrogens is 515 g/mol.